The molecule has 0 spiro atoms. The molecule has 2 saturated heterocycles. The Hall–Kier alpha value is -2.28. The molecule has 134 valence electrons. The third-order valence-electron chi connectivity index (χ3n) is 5.62. The van der Waals surface area contributed by atoms with Crippen LogP contribution in [0, 0.1) is 0 Å². The molecule has 1 aromatic carbocycles. The second-order valence-corrected chi connectivity index (χ2v) is 7.00. The van der Waals surface area contributed by atoms with Crippen LogP contribution in [0.25, 0.3) is 11.1 Å². The Bertz CT molecular complexity index is 827. The van der Waals surface area contributed by atoms with E-state index in [9.17, 15) is 9.59 Å². The van der Waals surface area contributed by atoms with Crippen molar-refractivity contribution in [2.75, 3.05) is 26.7 Å². The predicted octanol–water partition coefficient (Wildman–Crippen LogP) is 1.47. The SMILES string of the molecule is CN1[C@H]2CC[C@H]1CN(C(=O)NCCn1c(=O)oc3ccccc31)CC2. The van der Waals surface area contributed by atoms with Crippen molar-refractivity contribution in [2.45, 2.75) is 37.9 Å². The first-order chi connectivity index (χ1) is 12.1. The number of rotatable bonds is 3. The summed E-state index contributed by atoms with van der Waals surface area (Å²) >= 11 is 0. The fourth-order valence-corrected chi connectivity index (χ4v) is 4.11. The molecule has 0 aliphatic carbocycles. The van der Waals surface area contributed by atoms with Crippen LogP contribution < -0.4 is 11.1 Å². The molecule has 2 atom stereocenters. The van der Waals surface area contributed by atoms with Gasteiger partial charge >= 0.3 is 11.8 Å². The first-order valence-corrected chi connectivity index (χ1v) is 8.96. The maximum absolute atomic E-state index is 12.5. The van der Waals surface area contributed by atoms with Crippen molar-refractivity contribution < 1.29 is 9.21 Å². The monoisotopic (exact) mass is 344 g/mol. The standard InChI is InChI=1S/C18H24N4O3/c1-20-13-6-7-14(20)12-21(10-8-13)17(23)19-9-11-22-15-4-2-3-5-16(15)25-18(22)24/h2-5,13-14H,6-12H2,1H3,(H,19,23)/t13-,14-/m0/s1. The highest BCUT2D eigenvalue weighted by Gasteiger charge is 2.35. The molecule has 1 N–H and O–H groups in total. The number of hydrogen-bond acceptors (Lipinski definition) is 4. The van der Waals surface area contributed by atoms with Crippen LogP contribution in [0.3, 0.4) is 0 Å². The number of benzene rings is 1. The topological polar surface area (TPSA) is 70.7 Å². The molecule has 3 heterocycles. The van der Waals surface area contributed by atoms with E-state index in [4.69, 9.17) is 4.42 Å². The minimum Gasteiger partial charge on any atom is -0.408 e. The van der Waals surface area contributed by atoms with Crippen LogP contribution in [0.2, 0.25) is 0 Å². The normalized spacial score (nSPS) is 23.8. The van der Waals surface area contributed by atoms with E-state index in [1.54, 1.807) is 10.6 Å². The van der Waals surface area contributed by atoms with Crippen molar-refractivity contribution in [3.05, 3.63) is 34.8 Å². The predicted molar refractivity (Wildman–Crippen MR) is 94.6 cm³/mol. The van der Waals surface area contributed by atoms with E-state index < -0.39 is 0 Å². The number of hydrogen-bond donors (Lipinski definition) is 1. The zero-order valence-corrected chi connectivity index (χ0v) is 14.5. The van der Waals surface area contributed by atoms with E-state index in [1.165, 1.54) is 12.8 Å². The molecule has 2 amide bonds. The number of carbonyl (C=O) groups is 1. The molecular formula is C18H24N4O3. The van der Waals surface area contributed by atoms with Gasteiger partial charge in [-0.2, -0.15) is 0 Å². The molecule has 25 heavy (non-hydrogen) atoms. The Kier molecular flexibility index (Phi) is 4.25. The molecule has 2 aliphatic heterocycles. The minimum absolute atomic E-state index is 0.0400. The lowest BCUT2D eigenvalue weighted by molar-refractivity contribution is 0.188. The molecule has 0 saturated carbocycles. The highest BCUT2D eigenvalue weighted by Crippen LogP contribution is 2.28. The summed E-state index contributed by atoms with van der Waals surface area (Å²) in [5.41, 5.74) is 1.33. The van der Waals surface area contributed by atoms with Gasteiger partial charge in [0.1, 0.15) is 0 Å². The number of amides is 2. The maximum Gasteiger partial charge on any atom is 0.420 e. The lowest BCUT2D eigenvalue weighted by atomic mass is 10.1. The maximum atomic E-state index is 12.5. The summed E-state index contributed by atoms with van der Waals surface area (Å²) in [5.74, 6) is -0.385. The molecule has 0 radical (unpaired) electrons. The van der Waals surface area contributed by atoms with Gasteiger partial charge in [-0.3, -0.25) is 9.47 Å². The third kappa shape index (κ3) is 3.04. The molecule has 2 fully saturated rings. The van der Waals surface area contributed by atoms with Crippen molar-refractivity contribution in [1.82, 2.24) is 19.7 Å². The summed E-state index contributed by atoms with van der Waals surface area (Å²) in [5, 5.41) is 2.95. The summed E-state index contributed by atoms with van der Waals surface area (Å²) < 4.78 is 6.78. The van der Waals surface area contributed by atoms with Crippen molar-refractivity contribution >= 4 is 17.1 Å². The van der Waals surface area contributed by atoms with Crippen molar-refractivity contribution in [2.24, 2.45) is 0 Å². The van der Waals surface area contributed by atoms with Gasteiger partial charge in [-0.05, 0) is 38.4 Å². The van der Waals surface area contributed by atoms with Gasteiger partial charge in [0, 0.05) is 38.3 Å². The summed E-state index contributed by atoms with van der Waals surface area (Å²) in [6.07, 6.45) is 3.45. The summed E-state index contributed by atoms with van der Waals surface area (Å²) in [6, 6.07) is 8.37. The number of aromatic nitrogens is 1. The molecule has 2 aliphatic rings. The van der Waals surface area contributed by atoms with E-state index >= 15 is 0 Å². The second kappa shape index (κ2) is 6.55. The van der Waals surface area contributed by atoms with Crippen LogP contribution in [-0.4, -0.2) is 59.2 Å². The highest BCUT2D eigenvalue weighted by molar-refractivity contribution is 5.74. The molecular weight excluding hydrogens is 320 g/mol. The molecule has 2 bridgehead atoms. The fraction of sp³-hybridized carbons (Fsp3) is 0.556. The summed E-state index contributed by atoms with van der Waals surface area (Å²) in [7, 11) is 2.17. The zero-order valence-electron chi connectivity index (χ0n) is 14.5. The Balaban J connectivity index is 1.36. The quantitative estimate of drug-likeness (QED) is 0.915. The number of nitrogens with one attached hydrogen (secondary N) is 1. The Morgan fingerprint density at radius 1 is 1.24 bits per heavy atom. The van der Waals surface area contributed by atoms with Crippen LogP contribution in [0.1, 0.15) is 19.3 Å². The first kappa shape index (κ1) is 16.2. The Morgan fingerprint density at radius 2 is 2.04 bits per heavy atom. The number of nitrogens with zero attached hydrogens (tertiary/aromatic N) is 3. The van der Waals surface area contributed by atoms with Gasteiger partial charge in [0.2, 0.25) is 0 Å². The highest BCUT2D eigenvalue weighted by atomic mass is 16.4. The van der Waals surface area contributed by atoms with Crippen molar-refractivity contribution in [1.29, 1.82) is 0 Å². The largest absolute Gasteiger partial charge is 0.420 e. The first-order valence-electron chi connectivity index (χ1n) is 8.96. The van der Waals surface area contributed by atoms with Gasteiger partial charge in [-0.15, -0.1) is 0 Å². The van der Waals surface area contributed by atoms with Crippen molar-refractivity contribution in [3.8, 4) is 0 Å². The van der Waals surface area contributed by atoms with Crippen molar-refractivity contribution in [3.63, 3.8) is 0 Å². The van der Waals surface area contributed by atoms with Gasteiger partial charge in [0.25, 0.3) is 0 Å². The lowest BCUT2D eigenvalue weighted by Crippen LogP contribution is -2.45. The van der Waals surface area contributed by atoms with Crippen LogP contribution >= 0.6 is 0 Å². The molecule has 2 aromatic rings. The number of oxazole rings is 1. The van der Waals surface area contributed by atoms with Crippen LogP contribution in [0.15, 0.2) is 33.5 Å². The van der Waals surface area contributed by atoms with E-state index in [0.29, 0.717) is 30.8 Å². The molecule has 1 aromatic heterocycles. The van der Waals surface area contributed by atoms with Gasteiger partial charge in [0.05, 0.1) is 5.52 Å². The van der Waals surface area contributed by atoms with Gasteiger partial charge < -0.3 is 14.6 Å². The van der Waals surface area contributed by atoms with Gasteiger partial charge in [-0.1, -0.05) is 12.1 Å². The molecule has 4 rings (SSSR count). The van der Waals surface area contributed by atoms with E-state index in [-0.39, 0.29) is 11.8 Å². The molecule has 7 nitrogen and oxygen atoms in total. The Labute approximate surface area is 146 Å². The Morgan fingerprint density at radius 3 is 2.92 bits per heavy atom. The minimum atomic E-state index is -0.385. The smallest absolute Gasteiger partial charge is 0.408 e. The average Bonchev–Trinajstić information content (AvgIpc) is 3.03. The molecule has 7 heteroatoms. The summed E-state index contributed by atoms with van der Waals surface area (Å²) in [4.78, 5) is 28.8. The summed E-state index contributed by atoms with van der Waals surface area (Å²) in [6.45, 7) is 2.39. The lowest BCUT2D eigenvalue weighted by Gasteiger charge is -2.26. The van der Waals surface area contributed by atoms with E-state index in [0.717, 1.165) is 25.0 Å². The zero-order chi connectivity index (χ0) is 17.4. The third-order valence-corrected chi connectivity index (χ3v) is 5.62. The van der Waals surface area contributed by atoms with Gasteiger partial charge in [0.15, 0.2) is 5.58 Å². The van der Waals surface area contributed by atoms with Gasteiger partial charge in [-0.25, -0.2) is 9.59 Å². The number of para-hydroxylation sites is 2. The van der Waals surface area contributed by atoms with Crippen LogP contribution in [0.4, 0.5) is 4.79 Å². The van der Waals surface area contributed by atoms with E-state index in [2.05, 4.69) is 17.3 Å². The van der Waals surface area contributed by atoms with Crippen LogP contribution in [0.5, 0.6) is 0 Å². The average molecular weight is 344 g/mol. The second-order valence-electron chi connectivity index (χ2n) is 7.00. The van der Waals surface area contributed by atoms with E-state index in [1.807, 2.05) is 23.1 Å². The fourth-order valence-electron chi connectivity index (χ4n) is 4.11. The number of likely N-dealkylation sites (tertiary alicyclic amines) is 1. The number of urea groups is 1. The van der Waals surface area contributed by atoms with Crippen LogP contribution in [-0.2, 0) is 6.54 Å². The number of likely N-dealkylation sites (N-methyl/N-ethyl adjacent to an activating group) is 1. The number of carbonyl (C=O) groups excluding carboxylic acids is 1. The number of fused-ring (bicyclic) bond motifs is 3. The molecule has 0 unspecified atom stereocenters.